The average Bonchev–Trinajstić information content (AvgIpc) is 3.18. The summed E-state index contributed by atoms with van der Waals surface area (Å²) >= 11 is 0. The van der Waals surface area contributed by atoms with Crippen LogP contribution < -0.4 is 4.90 Å². The van der Waals surface area contributed by atoms with E-state index in [1.54, 1.807) is 17.0 Å². The Morgan fingerprint density at radius 1 is 1.00 bits per heavy atom. The van der Waals surface area contributed by atoms with Gasteiger partial charge in [-0.25, -0.2) is 21.1 Å². The van der Waals surface area contributed by atoms with Crippen LogP contribution in [0, 0.1) is 0 Å². The third-order valence-electron chi connectivity index (χ3n) is 7.00. The van der Waals surface area contributed by atoms with E-state index in [9.17, 15) is 21.6 Å². The third kappa shape index (κ3) is 5.21. The van der Waals surface area contributed by atoms with Crippen LogP contribution in [0.3, 0.4) is 0 Å². The molecule has 3 saturated heterocycles. The molecule has 3 aliphatic rings. The molecule has 0 aliphatic carbocycles. The summed E-state index contributed by atoms with van der Waals surface area (Å²) < 4.78 is 50.3. The van der Waals surface area contributed by atoms with E-state index < -0.39 is 19.9 Å². The van der Waals surface area contributed by atoms with Crippen LogP contribution in [0.1, 0.15) is 36.0 Å². The van der Waals surface area contributed by atoms with E-state index in [1.165, 1.54) is 20.2 Å². The molecular weight excluding hydrogens is 464 g/mol. The minimum absolute atomic E-state index is 0.0322. The fourth-order valence-corrected chi connectivity index (χ4v) is 7.68. The van der Waals surface area contributed by atoms with Crippen LogP contribution in [0.25, 0.3) is 0 Å². The van der Waals surface area contributed by atoms with Crippen molar-refractivity contribution in [2.45, 2.75) is 36.6 Å². The highest BCUT2D eigenvalue weighted by molar-refractivity contribution is 7.91. The fourth-order valence-electron chi connectivity index (χ4n) is 4.99. The number of rotatable bonds is 5. The first-order chi connectivity index (χ1) is 15.6. The summed E-state index contributed by atoms with van der Waals surface area (Å²) in [4.78, 5) is 19.9. The fraction of sp³-hybridized carbons (Fsp3) is 0.682. The molecule has 9 nitrogen and oxygen atoms in total. The lowest BCUT2D eigenvalue weighted by Crippen LogP contribution is -2.52. The van der Waals surface area contributed by atoms with E-state index in [0.717, 1.165) is 42.3 Å². The SMILES string of the molecule is CN(C)S(=O)(=O)c1ccc(N2CCCCC2)c(C(=O)N2CCN(C3CCS(=O)(=O)C3)CC2)c1. The van der Waals surface area contributed by atoms with Gasteiger partial charge in [0.15, 0.2) is 9.84 Å². The van der Waals surface area contributed by atoms with Gasteiger partial charge in [-0.3, -0.25) is 9.69 Å². The van der Waals surface area contributed by atoms with E-state index in [2.05, 4.69) is 9.80 Å². The highest BCUT2D eigenvalue weighted by Crippen LogP contribution is 2.29. The minimum Gasteiger partial charge on any atom is -0.371 e. The Kier molecular flexibility index (Phi) is 7.05. The largest absolute Gasteiger partial charge is 0.371 e. The van der Waals surface area contributed by atoms with Crippen LogP contribution in [0.5, 0.6) is 0 Å². The predicted molar refractivity (Wildman–Crippen MR) is 128 cm³/mol. The number of hydrogen-bond donors (Lipinski definition) is 0. The van der Waals surface area contributed by atoms with Gasteiger partial charge in [0.05, 0.1) is 22.0 Å². The number of nitrogens with zero attached hydrogens (tertiary/aromatic N) is 4. The smallest absolute Gasteiger partial charge is 0.256 e. The predicted octanol–water partition coefficient (Wildman–Crippen LogP) is 0.872. The Morgan fingerprint density at radius 2 is 1.67 bits per heavy atom. The molecule has 1 aromatic carbocycles. The lowest BCUT2D eigenvalue weighted by Gasteiger charge is -2.38. The lowest BCUT2D eigenvalue weighted by molar-refractivity contribution is 0.0588. The molecule has 33 heavy (non-hydrogen) atoms. The number of carbonyl (C=O) groups is 1. The van der Waals surface area contributed by atoms with Crippen molar-refractivity contribution in [2.24, 2.45) is 0 Å². The summed E-state index contributed by atoms with van der Waals surface area (Å²) in [6.45, 7) is 3.95. The van der Waals surface area contributed by atoms with Gasteiger partial charge < -0.3 is 9.80 Å². The standard InChI is InChI=1S/C22H34N4O5S2/c1-23(2)33(30,31)19-6-7-21(25-9-4-3-5-10-25)20(16-19)22(27)26-13-11-24(12-14-26)18-8-15-32(28,29)17-18/h6-7,16,18H,3-5,8-15,17H2,1-2H3. The second-order valence-corrected chi connectivity index (χ2v) is 13.8. The zero-order valence-electron chi connectivity index (χ0n) is 19.4. The molecule has 1 amide bonds. The first-order valence-corrected chi connectivity index (χ1v) is 14.9. The number of piperidine rings is 1. The molecule has 1 aromatic rings. The van der Waals surface area contributed by atoms with Gasteiger partial charge >= 0.3 is 0 Å². The first-order valence-electron chi connectivity index (χ1n) is 11.6. The maximum atomic E-state index is 13.6. The Morgan fingerprint density at radius 3 is 2.24 bits per heavy atom. The molecule has 11 heteroatoms. The van der Waals surface area contributed by atoms with Gasteiger partial charge in [0.1, 0.15) is 0 Å². The van der Waals surface area contributed by atoms with E-state index in [4.69, 9.17) is 0 Å². The molecule has 0 saturated carbocycles. The number of sulfone groups is 1. The number of piperazine rings is 1. The van der Waals surface area contributed by atoms with Gasteiger partial charge in [-0.1, -0.05) is 0 Å². The van der Waals surface area contributed by atoms with Crippen molar-refractivity contribution in [2.75, 3.05) is 69.8 Å². The van der Waals surface area contributed by atoms with Crippen LogP contribution in [-0.2, 0) is 19.9 Å². The first kappa shape index (κ1) is 24.4. The number of amides is 1. The Labute approximate surface area is 197 Å². The quantitative estimate of drug-likeness (QED) is 0.594. The average molecular weight is 499 g/mol. The second-order valence-electron chi connectivity index (χ2n) is 9.40. The van der Waals surface area contributed by atoms with Gasteiger partial charge in [-0.15, -0.1) is 0 Å². The van der Waals surface area contributed by atoms with Crippen LogP contribution >= 0.6 is 0 Å². The van der Waals surface area contributed by atoms with Gasteiger partial charge in [0.2, 0.25) is 10.0 Å². The van der Waals surface area contributed by atoms with Crippen molar-refractivity contribution in [3.8, 4) is 0 Å². The topological polar surface area (TPSA) is 98.3 Å². The molecular formula is C22H34N4O5S2. The summed E-state index contributed by atoms with van der Waals surface area (Å²) in [5.74, 6) is 0.276. The van der Waals surface area contributed by atoms with E-state index in [0.29, 0.717) is 38.2 Å². The summed E-state index contributed by atoms with van der Waals surface area (Å²) in [6, 6.07) is 4.92. The third-order valence-corrected chi connectivity index (χ3v) is 10.6. The van der Waals surface area contributed by atoms with Crippen molar-refractivity contribution in [1.29, 1.82) is 0 Å². The van der Waals surface area contributed by atoms with Crippen LogP contribution in [0.15, 0.2) is 23.1 Å². The lowest BCUT2D eigenvalue weighted by atomic mass is 10.1. The molecule has 3 fully saturated rings. The minimum atomic E-state index is -3.66. The van der Waals surface area contributed by atoms with Crippen LogP contribution in [0.4, 0.5) is 5.69 Å². The Balaban J connectivity index is 1.56. The van der Waals surface area contributed by atoms with E-state index in [-0.39, 0.29) is 28.4 Å². The van der Waals surface area contributed by atoms with Crippen LogP contribution in [-0.4, -0.2) is 108 Å². The van der Waals surface area contributed by atoms with Gasteiger partial charge in [0.25, 0.3) is 5.91 Å². The molecule has 0 N–H and O–H groups in total. The molecule has 3 heterocycles. The molecule has 3 aliphatic heterocycles. The van der Waals surface area contributed by atoms with Crippen molar-refractivity contribution < 1.29 is 21.6 Å². The Hall–Kier alpha value is -1.69. The van der Waals surface area contributed by atoms with E-state index >= 15 is 0 Å². The number of benzene rings is 1. The number of anilines is 1. The molecule has 1 unspecified atom stereocenters. The molecule has 0 spiro atoms. The van der Waals surface area contributed by atoms with Crippen molar-refractivity contribution in [3.63, 3.8) is 0 Å². The molecule has 184 valence electrons. The summed E-state index contributed by atoms with van der Waals surface area (Å²) in [7, 11) is -3.65. The van der Waals surface area contributed by atoms with Crippen LogP contribution in [0.2, 0.25) is 0 Å². The van der Waals surface area contributed by atoms with Gasteiger partial charge in [-0.2, -0.15) is 0 Å². The summed E-state index contributed by atoms with van der Waals surface area (Å²) in [5, 5.41) is 0. The van der Waals surface area contributed by atoms with Gasteiger partial charge in [-0.05, 0) is 43.9 Å². The van der Waals surface area contributed by atoms with Crippen molar-refractivity contribution >= 4 is 31.5 Å². The molecule has 1 atom stereocenters. The molecule has 4 rings (SSSR count). The molecule has 0 radical (unpaired) electrons. The zero-order chi connectivity index (χ0) is 23.8. The van der Waals surface area contributed by atoms with Gasteiger partial charge in [0, 0.05) is 65.1 Å². The van der Waals surface area contributed by atoms with E-state index in [1.807, 2.05) is 0 Å². The van der Waals surface area contributed by atoms with Crippen molar-refractivity contribution in [1.82, 2.24) is 14.1 Å². The van der Waals surface area contributed by atoms with Crippen molar-refractivity contribution in [3.05, 3.63) is 23.8 Å². The maximum Gasteiger partial charge on any atom is 0.256 e. The Bertz CT molecular complexity index is 1090. The highest BCUT2D eigenvalue weighted by Gasteiger charge is 2.35. The highest BCUT2D eigenvalue weighted by atomic mass is 32.2. The normalized spacial score (nSPS) is 24.4. The number of carbonyl (C=O) groups excluding carboxylic acids is 1. The molecule has 0 bridgehead atoms. The maximum absolute atomic E-state index is 13.6. The summed E-state index contributed by atoms with van der Waals surface area (Å²) in [6.07, 6.45) is 3.91. The number of hydrogen-bond acceptors (Lipinski definition) is 7. The monoisotopic (exact) mass is 498 g/mol. The molecule has 0 aromatic heterocycles. The number of sulfonamides is 1. The summed E-state index contributed by atoms with van der Waals surface area (Å²) in [5.41, 5.74) is 1.22. The second kappa shape index (κ2) is 9.52. The zero-order valence-corrected chi connectivity index (χ0v) is 21.1.